The number of aromatic nitrogens is 3. The van der Waals surface area contributed by atoms with Gasteiger partial charge in [-0.1, -0.05) is 13.0 Å². The molecule has 6 nitrogen and oxygen atoms in total. The first-order chi connectivity index (χ1) is 9.16. The van der Waals surface area contributed by atoms with Crippen molar-refractivity contribution in [3.05, 3.63) is 24.4 Å². The molecule has 0 spiro atoms. The minimum atomic E-state index is -0.0426. The molecule has 1 aliphatic carbocycles. The number of nitrogens with zero attached hydrogens (tertiary/aromatic N) is 5. The van der Waals surface area contributed by atoms with Crippen LogP contribution in [0.15, 0.2) is 29.5 Å². The largest absolute Gasteiger partial charge is 0.273 e. The Kier molecular flexibility index (Phi) is 1.91. The van der Waals surface area contributed by atoms with Gasteiger partial charge in [-0.3, -0.25) is 4.79 Å². The zero-order valence-corrected chi connectivity index (χ0v) is 10.6. The highest BCUT2D eigenvalue weighted by Gasteiger charge is 2.46. The summed E-state index contributed by atoms with van der Waals surface area (Å²) in [7, 11) is 0. The third-order valence-electron chi connectivity index (χ3n) is 3.89. The number of carbonyl (C=O) groups excluding carboxylic acids is 1. The van der Waals surface area contributed by atoms with Crippen molar-refractivity contribution in [1.82, 2.24) is 14.6 Å². The van der Waals surface area contributed by atoms with Crippen molar-refractivity contribution in [1.29, 1.82) is 0 Å². The fourth-order valence-corrected chi connectivity index (χ4v) is 2.31. The van der Waals surface area contributed by atoms with Gasteiger partial charge in [0.25, 0.3) is 11.9 Å². The molecule has 2 aliphatic rings. The number of pyridine rings is 1. The average Bonchev–Trinajstić information content (AvgIpc) is 2.88. The fourth-order valence-electron chi connectivity index (χ4n) is 2.31. The molecule has 3 heterocycles. The van der Waals surface area contributed by atoms with Gasteiger partial charge in [0.05, 0.1) is 12.1 Å². The summed E-state index contributed by atoms with van der Waals surface area (Å²) in [5.41, 5.74) is 1.81. The maximum Gasteiger partial charge on any atom is 0.273 e. The zero-order chi connectivity index (χ0) is 13.0. The first kappa shape index (κ1) is 10.7. The molecular weight excluding hydrogens is 242 g/mol. The Balaban J connectivity index is 1.75. The van der Waals surface area contributed by atoms with Crippen LogP contribution in [0.5, 0.6) is 0 Å². The molecule has 0 atom stereocenters. The van der Waals surface area contributed by atoms with Crippen molar-refractivity contribution < 1.29 is 4.79 Å². The molecule has 96 valence electrons. The zero-order valence-electron chi connectivity index (χ0n) is 10.6. The molecule has 0 saturated heterocycles. The maximum absolute atomic E-state index is 12.1. The molecule has 6 heteroatoms. The first-order valence-corrected chi connectivity index (χ1v) is 6.38. The second kappa shape index (κ2) is 3.40. The first-order valence-electron chi connectivity index (χ1n) is 6.38. The van der Waals surface area contributed by atoms with E-state index in [1.165, 1.54) is 5.01 Å². The summed E-state index contributed by atoms with van der Waals surface area (Å²) >= 11 is 0. The Bertz CT molecular complexity index is 680. The van der Waals surface area contributed by atoms with Crippen LogP contribution in [-0.2, 0) is 4.79 Å². The standard InChI is InChI=1S/C13H13N5O/c1-13(5-6-13)9-8-11(19)18(15-9)12-14-10-4-2-3-7-17(10)16-12/h2-4,7H,5-6,8H2,1H3. The number of anilines is 1. The van der Waals surface area contributed by atoms with Crippen LogP contribution in [0.2, 0.25) is 0 Å². The van der Waals surface area contributed by atoms with Crippen LogP contribution in [0.3, 0.4) is 0 Å². The summed E-state index contributed by atoms with van der Waals surface area (Å²) in [5, 5.41) is 10.1. The molecule has 4 rings (SSSR count). The van der Waals surface area contributed by atoms with Crippen molar-refractivity contribution in [3.63, 3.8) is 0 Å². The van der Waals surface area contributed by atoms with Gasteiger partial charge in [0.2, 0.25) is 0 Å². The second-order valence-corrected chi connectivity index (χ2v) is 5.40. The molecule has 0 bridgehead atoms. The van der Waals surface area contributed by atoms with Gasteiger partial charge in [-0.25, -0.2) is 4.52 Å². The lowest BCUT2D eigenvalue weighted by Crippen LogP contribution is -2.21. The van der Waals surface area contributed by atoms with Crippen molar-refractivity contribution in [2.45, 2.75) is 26.2 Å². The molecule has 1 fully saturated rings. The molecule has 2 aromatic heterocycles. The lowest BCUT2D eigenvalue weighted by molar-refractivity contribution is -0.117. The van der Waals surface area contributed by atoms with Gasteiger partial charge in [-0.15, -0.1) is 5.10 Å². The van der Waals surface area contributed by atoms with Crippen molar-refractivity contribution in [2.24, 2.45) is 10.5 Å². The molecule has 19 heavy (non-hydrogen) atoms. The smallest absolute Gasteiger partial charge is 0.272 e. The van der Waals surface area contributed by atoms with E-state index >= 15 is 0 Å². The number of fused-ring (bicyclic) bond motifs is 1. The number of hydrogen-bond acceptors (Lipinski definition) is 4. The number of amides is 1. The van der Waals surface area contributed by atoms with E-state index < -0.39 is 0 Å². The monoisotopic (exact) mass is 255 g/mol. The highest BCUT2D eigenvalue weighted by molar-refractivity contribution is 6.15. The number of rotatable bonds is 2. The Morgan fingerprint density at radius 3 is 2.89 bits per heavy atom. The quantitative estimate of drug-likeness (QED) is 0.819. The Morgan fingerprint density at radius 1 is 1.32 bits per heavy atom. The molecule has 2 aromatic rings. The van der Waals surface area contributed by atoms with Crippen molar-refractivity contribution in [3.8, 4) is 0 Å². The van der Waals surface area contributed by atoms with Gasteiger partial charge in [-0.05, 0) is 25.0 Å². The topological polar surface area (TPSA) is 62.9 Å². The second-order valence-electron chi connectivity index (χ2n) is 5.40. The lowest BCUT2D eigenvalue weighted by atomic mass is 10.0. The third-order valence-corrected chi connectivity index (χ3v) is 3.89. The molecular formula is C13H13N5O. The highest BCUT2D eigenvalue weighted by Crippen LogP contribution is 2.48. The highest BCUT2D eigenvalue weighted by atomic mass is 16.2. The van der Waals surface area contributed by atoms with E-state index in [-0.39, 0.29) is 11.3 Å². The van der Waals surface area contributed by atoms with Gasteiger partial charge in [-0.2, -0.15) is 15.1 Å². The summed E-state index contributed by atoms with van der Waals surface area (Å²) in [4.78, 5) is 16.4. The van der Waals surface area contributed by atoms with E-state index in [2.05, 4.69) is 22.1 Å². The number of carbonyl (C=O) groups is 1. The average molecular weight is 255 g/mol. The predicted octanol–water partition coefficient (Wildman–Crippen LogP) is 1.62. The van der Waals surface area contributed by atoms with Gasteiger partial charge in [0.1, 0.15) is 0 Å². The Hall–Kier alpha value is -2.24. The van der Waals surface area contributed by atoms with Gasteiger partial charge >= 0.3 is 0 Å². The van der Waals surface area contributed by atoms with Crippen LogP contribution < -0.4 is 5.01 Å². The fraction of sp³-hybridized carbons (Fsp3) is 0.385. The van der Waals surface area contributed by atoms with Crippen LogP contribution in [0.4, 0.5) is 5.95 Å². The molecule has 1 aliphatic heterocycles. The third kappa shape index (κ3) is 1.56. The molecule has 0 radical (unpaired) electrons. The Labute approximate surface area is 109 Å². The van der Waals surface area contributed by atoms with Crippen LogP contribution in [0.25, 0.3) is 5.65 Å². The maximum atomic E-state index is 12.1. The number of hydrazone groups is 1. The summed E-state index contributed by atoms with van der Waals surface area (Å²) in [6, 6.07) is 5.61. The minimum absolute atomic E-state index is 0.0426. The summed E-state index contributed by atoms with van der Waals surface area (Å²) in [6.07, 6.45) is 4.43. The van der Waals surface area contributed by atoms with E-state index in [4.69, 9.17) is 0 Å². The summed E-state index contributed by atoms with van der Waals surface area (Å²) in [5.74, 6) is 0.314. The van der Waals surface area contributed by atoms with Crippen molar-refractivity contribution in [2.75, 3.05) is 5.01 Å². The predicted molar refractivity (Wildman–Crippen MR) is 69.9 cm³/mol. The van der Waals surface area contributed by atoms with Crippen LogP contribution in [0, 0.1) is 5.41 Å². The van der Waals surface area contributed by atoms with Crippen LogP contribution in [-0.4, -0.2) is 26.2 Å². The van der Waals surface area contributed by atoms with E-state index in [1.807, 2.05) is 18.2 Å². The normalized spacial score (nSPS) is 21.0. The molecule has 0 N–H and O–H groups in total. The molecule has 1 saturated carbocycles. The van der Waals surface area contributed by atoms with Gasteiger partial charge < -0.3 is 0 Å². The molecule has 1 amide bonds. The van der Waals surface area contributed by atoms with Crippen LogP contribution in [0.1, 0.15) is 26.2 Å². The van der Waals surface area contributed by atoms with Gasteiger partial charge in [0, 0.05) is 11.6 Å². The van der Waals surface area contributed by atoms with E-state index in [1.54, 1.807) is 10.7 Å². The minimum Gasteiger partial charge on any atom is -0.272 e. The van der Waals surface area contributed by atoms with E-state index in [0.29, 0.717) is 18.0 Å². The lowest BCUT2D eigenvalue weighted by Gasteiger charge is -2.05. The van der Waals surface area contributed by atoms with Crippen molar-refractivity contribution >= 4 is 23.2 Å². The summed E-state index contributed by atoms with van der Waals surface area (Å²) in [6.45, 7) is 2.15. The van der Waals surface area contributed by atoms with E-state index in [0.717, 1.165) is 18.6 Å². The molecule has 0 unspecified atom stereocenters. The molecule has 0 aromatic carbocycles. The SMILES string of the molecule is CC1(C2=NN(c3nc4ccccn4n3)C(=O)C2)CC1. The summed E-state index contributed by atoms with van der Waals surface area (Å²) < 4.78 is 1.65. The van der Waals surface area contributed by atoms with Crippen LogP contribution >= 0.6 is 0 Å². The van der Waals surface area contributed by atoms with E-state index in [9.17, 15) is 4.79 Å². The Morgan fingerprint density at radius 2 is 2.16 bits per heavy atom. The van der Waals surface area contributed by atoms with Gasteiger partial charge in [0.15, 0.2) is 5.65 Å². The number of hydrogen-bond donors (Lipinski definition) is 0.